The Morgan fingerprint density at radius 3 is 2.04 bits per heavy atom. The van der Waals surface area contributed by atoms with E-state index in [4.69, 9.17) is 5.73 Å². The molecule has 2 atom stereocenters. The van der Waals surface area contributed by atoms with E-state index in [0.29, 0.717) is 19.4 Å². The van der Waals surface area contributed by atoms with Crippen molar-refractivity contribution in [1.29, 1.82) is 0 Å². The molecule has 27 heavy (non-hydrogen) atoms. The summed E-state index contributed by atoms with van der Waals surface area (Å²) < 4.78 is 0. The highest BCUT2D eigenvalue weighted by atomic mass is 16.3. The van der Waals surface area contributed by atoms with Gasteiger partial charge in [0.15, 0.2) is 0 Å². The van der Waals surface area contributed by atoms with Crippen molar-refractivity contribution in [2.75, 3.05) is 13.2 Å². The highest BCUT2D eigenvalue weighted by molar-refractivity contribution is 5.76. The van der Waals surface area contributed by atoms with Gasteiger partial charge in [-0.05, 0) is 25.8 Å². The Kier molecular flexibility index (Phi) is 19.2. The van der Waals surface area contributed by atoms with Crippen molar-refractivity contribution in [3.05, 3.63) is 12.2 Å². The first-order chi connectivity index (χ1) is 13.2. The molecule has 0 fully saturated rings. The lowest BCUT2D eigenvalue weighted by Gasteiger charge is -2.19. The van der Waals surface area contributed by atoms with E-state index in [9.17, 15) is 15.0 Å². The van der Waals surface area contributed by atoms with E-state index in [2.05, 4.69) is 12.2 Å². The largest absolute Gasteiger partial charge is 0.394 e. The molecule has 0 spiro atoms. The van der Waals surface area contributed by atoms with Crippen molar-refractivity contribution >= 4 is 5.91 Å². The van der Waals surface area contributed by atoms with Crippen LogP contribution in [0.3, 0.4) is 0 Å². The van der Waals surface area contributed by atoms with Gasteiger partial charge in [-0.25, -0.2) is 0 Å². The minimum Gasteiger partial charge on any atom is -0.394 e. The van der Waals surface area contributed by atoms with E-state index in [1.54, 1.807) is 6.08 Å². The summed E-state index contributed by atoms with van der Waals surface area (Å²) in [5.74, 6) is -0.183. The zero-order chi connectivity index (χ0) is 20.2. The summed E-state index contributed by atoms with van der Waals surface area (Å²) >= 11 is 0. The predicted octanol–water partition coefficient (Wildman–Crippen LogP) is 3.82. The number of nitrogens with one attached hydrogen (secondary N) is 1. The molecule has 0 heterocycles. The zero-order valence-electron chi connectivity index (χ0n) is 17.5. The van der Waals surface area contributed by atoms with E-state index in [0.717, 1.165) is 12.8 Å². The van der Waals surface area contributed by atoms with Crippen LogP contribution in [-0.2, 0) is 4.79 Å². The second kappa shape index (κ2) is 19.8. The van der Waals surface area contributed by atoms with Gasteiger partial charge in [-0.2, -0.15) is 0 Å². The zero-order valence-corrected chi connectivity index (χ0v) is 17.5. The topological polar surface area (TPSA) is 95.6 Å². The molecule has 0 aliphatic heterocycles. The maximum atomic E-state index is 11.7. The van der Waals surface area contributed by atoms with Gasteiger partial charge in [-0.15, -0.1) is 0 Å². The van der Waals surface area contributed by atoms with Crippen LogP contribution in [-0.4, -0.2) is 41.4 Å². The first-order valence-electron chi connectivity index (χ1n) is 11.1. The summed E-state index contributed by atoms with van der Waals surface area (Å²) in [7, 11) is 0. The fraction of sp³-hybridized carbons (Fsp3) is 0.864. The molecule has 0 aromatic carbocycles. The van der Waals surface area contributed by atoms with Crippen LogP contribution in [0.1, 0.15) is 96.8 Å². The van der Waals surface area contributed by atoms with Crippen LogP contribution in [0.25, 0.3) is 0 Å². The van der Waals surface area contributed by atoms with Crippen molar-refractivity contribution in [1.82, 2.24) is 5.32 Å². The normalized spacial score (nSPS) is 13.8. The first-order valence-corrected chi connectivity index (χ1v) is 11.1. The fourth-order valence-corrected chi connectivity index (χ4v) is 3.08. The highest BCUT2D eigenvalue weighted by Gasteiger charge is 2.17. The number of amides is 1. The van der Waals surface area contributed by atoms with Gasteiger partial charge in [0.25, 0.3) is 0 Å². The standard InChI is InChI=1S/C22H44N2O3/c1-2-3-4-5-6-7-8-9-10-11-12-13-14-16-21(26)20(19-25)24-22(27)17-15-18-23/h14,16,20-21,25-26H,2-13,15,17-19,23H2,1H3,(H,24,27). The van der Waals surface area contributed by atoms with Crippen LogP contribution in [0.5, 0.6) is 0 Å². The number of nitrogens with two attached hydrogens (primary N) is 1. The summed E-state index contributed by atoms with van der Waals surface area (Å²) in [5.41, 5.74) is 5.37. The minimum atomic E-state index is -0.857. The second-order valence-electron chi connectivity index (χ2n) is 7.49. The minimum absolute atomic E-state index is 0.183. The lowest BCUT2D eigenvalue weighted by Crippen LogP contribution is -2.45. The SMILES string of the molecule is CCCCCCCCCCCCCC=CC(O)C(CO)NC(=O)CCCN. The first kappa shape index (κ1) is 26.1. The molecule has 0 aromatic rings. The smallest absolute Gasteiger partial charge is 0.220 e. The van der Waals surface area contributed by atoms with Gasteiger partial charge in [0.05, 0.1) is 18.8 Å². The molecule has 0 aliphatic rings. The van der Waals surface area contributed by atoms with Gasteiger partial charge in [0, 0.05) is 6.42 Å². The summed E-state index contributed by atoms with van der Waals surface area (Å²) in [6.07, 6.45) is 19.1. The molecule has 5 N–H and O–H groups in total. The second-order valence-corrected chi connectivity index (χ2v) is 7.49. The molecule has 2 unspecified atom stereocenters. The van der Waals surface area contributed by atoms with Gasteiger partial charge in [-0.1, -0.05) is 83.3 Å². The molecule has 160 valence electrons. The highest BCUT2D eigenvalue weighted by Crippen LogP contribution is 2.12. The predicted molar refractivity (Wildman–Crippen MR) is 114 cm³/mol. The molecule has 0 radical (unpaired) electrons. The monoisotopic (exact) mass is 384 g/mol. The number of hydrogen-bond donors (Lipinski definition) is 4. The van der Waals surface area contributed by atoms with E-state index in [1.807, 2.05) is 6.08 Å². The molecule has 0 rings (SSSR count). The van der Waals surface area contributed by atoms with Crippen LogP contribution < -0.4 is 11.1 Å². The van der Waals surface area contributed by atoms with Gasteiger partial charge >= 0.3 is 0 Å². The molecule has 0 aromatic heterocycles. The molecule has 0 bridgehead atoms. The number of hydrogen-bond acceptors (Lipinski definition) is 4. The summed E-state index contributed by atoms with van der Waals surface area (Å²) in [6.45, 7) is 2.43. The maximum Gasteiger partial charge on any atom is 0.220 e. The van der Waals surface area contributed by atoms with Crippen molar-refractivity contribution in [2.24, 2.45) is 5.73 Å². The molecule has 5 nitrogen and oxygen atoms in total. The Bertz CT molecular complexity index is 361. The number of aliphatic hydroxyl groups excluding tert-OH is 2. The van der Waals surface area contributed by atoms with E-state index < -0.39 is 12.1 Å². The molecular weight excluding hydrogens is 340 g/mol. The molecule has 0 saturated heterocycles. The lowest BCUT2D eigenvalue weighted by atomic mass is 10.0. The van der Waals surface area contributed by atoms with Crippen LogP contribution >= 0.6 is 0 Å². The van der Waals surface area contributed by atoms with Gasteiger partial charge in [0.1, 0.15) is 0 Å². The third-order valence-corrected chi connectivity index (χ3v) is 4.87. The van der Waals surface area contributed by atoms with E-state index in [1.165, 1.54) is 64.2 Å². The summed E-state index contributed by atoms with van der Waals surface area (Å²) in [6, 6.07) is -0.649. The Morgan fingerprint density at radius 1 is 0.963 bits per heavy atom. The number of carbonyl (C=O) groups excluding carboxylic acids is 1. The van der Waals surface area contributed by atoms with E-state index in [-0.39, 0.29) is 12.5 Å². The molecular formula is C22H44N2O3. The third-order valence-electron chi connectivity index (χ3n) is 4.87. The number of aliphatic hydroxyl groups is 2. The van der Waals surface area contributed by atoms with Crippen molar-refractivity contribution in [3.63, 3.8) is 0 Å². The van der Waals surface area contributed by atoms with Crippen molar-refractivity contribution in [2.45, 2.75) is 109 Å². The van der Waals surface area contributed by atoms with Gasteiger partial charge in [-0.3, -0.25) is 4.79 Å². The van der Waals surface area contributed by atoms with Crippen LogP contribution in [0.2, 0.25) is 0 Å². The van der Waals surface area contributed by atoms with Crippen LogP contribution in [0.4, 0.5) is 0 Å². The average molecular weight is 385 g/mol. The molecule has 5 heteroatoms. The van der Waals surface area contributed by atoms with Crippen molar-refractivity contribution in [3.8, 4) is 0 Å². The van der Waals surface area contributed by atoms with Gasteiger partial charge < -0.3 is 21.3 Å². The Hall–Kier alpha value is -0.910. The number of carbonyl (C=O) groups is 1. The number of allylic oxidation sites excluding steroid dienone is 1. The Morgan fingerprint density at radius 2 is 1.52 bits per heavy atom. The van der Waals surface area contributed by atoms with Crippen LogP contribution in [0.15, 0.2) is 12.2 Å². The van der Waals surface area contributed by atoms with E-state index >= 15 is 0 Å². The fourth-order valence-electron chi connectivity index (χ4n) is 3.08. The number of unbranched alkanes of at least 4 members (excludes halogenated alkanes) is 11. The van der Waals surface area contributed by atoms with Gasteiger partial charge in [0.2, 0.25) is 5.91 Å². The quantitative estimate of drug-likeness (QED) is 0.201. The summed E-state index contributed by atoms with van der Waals surface area (Å²) in [5, 5.41) is 22.1. The number of rotatable bonds is 19. The average Bonchev–Trinajstić information content (AvgIpc) is 2.67. The molecule has 1 amide bonds. The Labute approximate surface area is 166 Å². The third kappa shape index (κ3) is 17.0. The Balaban J connectivity index is 3.63. The molecule has 0 aliphatic carbocycles. The van der Waals surface area contributed by atoms with Crippen LogP contribution in [0, 0.1) is 0 Å². The molecule has 0 saturated carbocycles. The van der Waals surface area contributed by atoms with Crippen molar-refractivity contribution < 1.29 is 15.0 Å². The lowest BCUT2D eigenvalue weighted by molar-refractivity contribution is -0.122. The maximum absolute atomic E-state index is 11.7. The summed E-state index contributed by atoms with van der Waals surface area (Å²) in [4.78, 5) is 11.7.